The van der Waals surface area contributed by atoms with E-state index in [4.69, 9.17) is 5.73 Å². The molecule has 1 aliphatic carbocycles. The highest BCUT2D eigenvalue weighted by atomic mass is 14.8. The van der Waals surface area contributed by atoms with Gasteiger partial charge in [0.15, 0.2) is 0 Å². The molecule has 1 aromatic rings. The van der Waals surface area contributed by atoms with E-state index in [1.807, 2.05) is 6.07 Å². The lowest BCUT2D eigenvalue weighted by Crippen LogP contribution is -2.31. The zero-order valence-corrected chi connectivity index (χ0v) is 7.12. The van der Waals surface area contributed by atoms with Gasteiger partial charge in [0.2, 0.25) is 0 Å². The topological polar surface area (TPSA) is 38.9 Å². The first-order valence-corrected chi connectivity index (χ1v) is 4.20. The van der Waals surface area contributed by atoms with Gasteiger partial charge in [-0.3, -0.25) is 0 Å². The lowest BCUT2D eigenvalue weighted by molar-refractivity contribution is 0.800. The van der Waals surface area contributed by atoms with Gasteiger partial charge in [-0.2, -0.15) is 0 Å². The molecule has 2 heteroatoms. The molecule has 2 rings (SSSR count). The molecule has 1 heterocycles. The summed E-state index contributed by atoms with van der Waals surface area (Å²) in [5.74, 6) is 1.24. The molecule has 0 fully saturated rings. The smallest absolute Gasteiger partial charge is 0.130 e. The SMILES string of the molecule is CC1C=c2c(N)nccc2=CC1. The molecule has 1 atom stereocenters. The number of nitrogen functional groups attached to an aromatic ring is 1. The first-order valence-electron chi connectivity index (χ1n) is 4.20. The fourth-order valence-electron chi connectivity index (χ4n) is 1.53. The molecule has 2 N–H and O–H groups in total. The molecule has 0 bridgehead atoms. The molecule has 1 aromatic heterocycles. The summed E-state index contributed by atoms with van der Waals surface area (Å²) in [5.41, 5.74) is 5.74. The van der Waals surface area contributed by atoms with E-state index >= 15 is 0 Å². The van der Waals surface area contributed by atoms with Crippen LogP contribution in [0.2, 0.25) is 0 Å². The fraction of sp³-hybridized carbons (Fsp3) is 0.300. The summed E-state index contributed by atoms with van der Waals surface area (Å²) in [5, 5.41) is 2.33. The van der Waals surface area contributed by atoms with E-state index in [9.17, 15) is 0 Å². The largest absolute Gasteiger partial charge is 0.383 e. The van der Waals surface area contributed by atoms with Crippen molar-refractivity contribution in [3.8, 4) is 0 Å². The summed E-state index contributed by atoms with van der Waals surface area (Å²) >= 11 is 0. The first kappa shape index (κ1) is 7.35. The van der Waals surface area contributed by atoms with Crippen LogP contribution in [0.4, 0.5) is 5.82 Å². The van der Waals surface area contributed by atoms with Crippen molar-refractivity contribution in [2.75, 3.05) is 5.73 Å². The average molecular weight is 160 g/mol. The van der Waals surface area contributed by atoms with Gasteiger partial charge in [0.1, 0.15) is 5.82 Å². The van der Waals surface area contributed by atoms with Crippen molar-refractivity contribution in [1.82, 2.24) is 4.98 Å². The quantitative estimate of drug-likeness (QED) is 0.591. The van der Waals surface area contributed by atoms with Crippen molar-refractivity contribution in [1.29, 1.82) is 0 Å². The standard InChI is InChI=1S/C10H12N2/c1-7-2-3-8-4-5-12-10(11)9(8)6-7/h3-7H,2H2,1H3,(H2,11,12). The third-order valence-corrected chi connectivity index (χ3v) is 2.22. The third kappa shape index (κ3) is 1.09. The number of hydrogen-bond donors (Lipinski definition) is 1. The molecule has 12 heavy (non-hydrogen) atoms. The van der Waals surface area contributed by atoms with Gasteiger partial charge in [0, 0.05) is 11.4 Å². The second-order valence-corrected chi connectivity index (χ2v) is 3.28. The fourth-order valence-corrected chi connectivity index (χ4v) is 1.53. The van der Waals surface area contributed by atoms with E-state index in [-0.39, 0.29) is 0 Å². The van der Waals surface area contributed by atoms with E-state index in [1.165, 1.54) is 5.22 Å². The molecule has 0 aromatic carbocycles. The summed E-state index contributed by atoms with van der Waals surface area (Å²) in [6.07, 6.45) is 7.28. The molecule has 0 saturated carbocycles. The summed E-state index contributed by atoms with van der Waals surface area (Å²) in [7, 11) is 0. The van der Waals surface area contributed by atoms with Gasteiger partial charge in [-0.15, -0.1) is 0 Å². The Bertz CT molecular complexity index is 406. The van der Waals surface area contributed by atoms with Crippen LogP contribution in [0, 0.1) is 5.92 Å². The van der Waals surface area contributed by atoms with E-state index in [2.05, 4.69) is 24.1 Å². The van der Waals surface area contributed by atoms with Crippen LogP contribution in [-0.2, 0) is 0 Å². The number of nitrogens with two attached hydrogens (primary N) is 1. The Kier molecular flexibility index (Phi) is 1.61. The normalized spacial score (nSPS) is 20.6. The predicted molar refractivity (Wildman–Crippen MR) is 50.6 cm³/mol. The Balaban J connectivity index is 2.80. The first-order chi connectivity index (χ1) is 5.77. The molecule has 0 amide bonds. The molecule has 0 saturated heterocycles. The van der Waals surface area contributed by atoms with Crippen LogP contribution in [0.25, 0.3) is 12.2 Å². The number of aromatic nitrogens is 1. The Labute approximate surface area is 71.4 Å². The Morgan fingerprint density at radius 3 is 3.25 bits per heavy atom. The van der Waals surface area contributed by atoms with Crippen molar-refractivity contribution in [2.24, 2.45) is 5.92 Å². The molecule has 2 nitrogen and oxygen atoms in total. The van der Waals surface area contributed by atoms with Crippen LogP contribution in [0.3, 0.4) is 0 Å². The summed E-state index contributed by atoms with van der Waals surface area (Å²) in [6, 6.07) is 2.01. The molecule has 0 aliphatic heterocycles. The van der Waals surface area contributed by atoms with Gasteiger partial charge in [-0.25, -0.2) is 4.98 Å². The van der Waals surface area contributed by atoms with Crippen LogP contribution in [0.1, 0.15) is 13.3 Å². The van der Waals surface area contributed by atoms with Crippen LogP contribution in [0.15, 0.2) is 12.3 Å². The number of hydrogen-bond acceptors (Lipinski definition) is 2. The maximum absolute atomic E-state index is 5.74. The average Bonchev–Trinajstić information content (AvgIpc) is 2.07. The lowest BCUT2D eigenvalue weighted by atomic mass is 10.00. The zero-order valence-electron chi connectivity index (χ0n) is 7.12. The van der Waals surface area contributed by atoms with Crippen molar-refractivity contribution in [3.05, 3.63) is 22.7 Å². The van der Waals surface area contributed by atoms with E-state index < -0.39 is 0 Å². The van der Waals surface area contributed by atoms with Crippen molar-refractivity contribution < 1.29 is 0 Å². The van der Waals surface area contributed by atoms with Crippen LogP contribution < -0.4 is 16.2 Å². The van der Waals surface area contributed by atoms with Crippen molar-refractivity contribution >= 4 is 18.0 Å². The number of anilines is 1. The minimum atomic E-state index is 0.587. The van der Waals surface area contributed by atoms with Gasteiger partial charge < -0.3 is 5.73 Å². The Morgan fingerprint density at radius 1 is 1.58 bits per heavy atom. The maximum atomic E-state index is 5.74. The van der Waals surface area contributed by atoms with Gasteiger partial charge in [-0.05, 0) is 23.6 Å². The molecule has 0 radical (unpaired) electrons. The lowest BCUT2D eigenvalue weighted by Gasteiger charge is -2.07. The highest BCUT2D eigenvalue weighted by Gasteiger charge is 2.02. The van der Waals surface area contributed by atoms with Gasteiger partial charge in [-0.1, -0.05) is 19.1 Å². The Morgan fingerprint density at radius 2 is 2.42 bits per heavy atom. The predicted octanol–water partition coefficient (Wildman–Crippen LogP) is 0.265. The monoisotopic (exact) mass is 160 g/mol. The van der Waals surface area contributed by atoms with Crippen LogP contribution in [0.5, 0.6) is 0 Å². The van der Waals surface area contributed by atoms with Crippen molar-refractivity contribution in [2.45, 2.75) is 13.3 Å². The van der Waals surface area contributed by atoms with Crippen LogP contribution in [-0.4, -0.2) is 4.98 Å². The second kappa shape index (κ2) is 2.63. The number of pyridine rings is 1. The molecule has 62 valence electrons. The van der Waals surface area contributed by atoms with Crippen molar-refractivity contribution in [3.63, 3.8) is 0 Å². The molecular weight excluding hydrogens is 148 g/mol. The van der Waals surface area contributed by atoms with Gasteiger partial charge >= 0.3 is 0 Å². The van der Waals surface area contributed by atoms with Crippen LogP contribution >= 0.6 is 0 Å². The molecule has 1 unspecified atom stereocenters. The highest BCUT2D eigenvalue weighted by Crippen LogP contribution is 2.06. The number of nitrogens with zero attached hydrogens (tertiary/aromatic N) is 1. The molecular formula is C10H12N2. The summed E-state index contributed by atoms with van der Waals surface area (Å²) < 4.78 is 0. The zero-order chi connectivity index (χ0) is 8.55. The molecule has 0 spiro atoms. The van der Waals surface area contributed by atoms with E-state index in [1.54, 1.807) is 6.20 Å². The highest BCUT2D eigenvalue weighted by molar-refractivity contribution is 5.47. The van der Waals surface area contributed by atoms with Gasteiger partial charge in [0.25, 0.3) is 0 Å². The third-order valence-electron chi connectivity index (χ3n) is 2.22. The van der Waals surface area contributed by atoms with Gasteiger partial charge in [0.05, 0.1) is 0 Å². The Hall–Kier alpha value is -1.31. The van der Waals surface area contributed by atoms with E-state index in [0.717, 1.165) is 11.6 Å². The summed E-state index contributed by atoms with van der Waals surface area (Å²) in [4.78, 5) is 4.05. The van der Waals surface area contributed by atoms with E-state index in [0.29, 0.717) is 11.7 Å². The number of rotatable bonds is 0. The minimum absolute atomic E-state index is 0.587. The summed E-state index contributed by atoms with van der Waals surface area (Å²) in [6.45, 7) is 2.19. The second-order valence-electron chi connectivity index (χ2n) is 3.28. The number of fused-ring (bicyclic) bond motifs is 1. The minimum Gasteiger partial charge on any atom is -0.383 e. The maximum Gasteiger partial charge on any atom is 0.130 e. The molecule has 1 aliphatic rings.